The standard InChI is InChI=1S/C17H26N2O2/c1-13(14-6-5-9-19(2)11-14)18-10-15-12-20-16-7-3-4-8-17(16)21-15/h3-4,7-8,13-15,18H,5-6,9-12H2,1-2H3. The minimum Gasteiger partial charge on any atom is -0.486 e. The third-order valence-corrected chi connectivity index (χ3v) is 4.60. The fraction of sp³-hybridized carbons (Fsp3) is 0.647. The fourth-order valence-corrected chi connectivity index (χ4v) is 3.26. The van der Waals surface area contributed by atoms with Crippen molar-refractivity contribution in [1.29, 1.82) is 0 Å². The molecule has 4 heteroatoms. The summed E-state index contributed by atoms with van der Waals surface area (Å²) in [6.45, 7) is 6.19. The molecule has 2 heterocycles. The molecule has 2 aliphatic rings. The van der Waals surface area contributed by atoms with Gasteiger partial charge in [0.1, 0.15) is 12.7 Å². The molecule has 4 nitrogen and oxygen atoms in total. The first-order valence-corrected chi connectivity index (χ1v) is 8.03. The molecule has 116 valence electrons. The summed E-state index contributed by atoms with van der Waals surface area (Å²) in [5.41, 5.74) is 0. The third-order valence-electron chi connectivity index (χ3n) is 4.60. The van der Waals surface area contributed by atoms with E-state index < -0.39 is 0 Å². The van der Waals surface area contributed by atoms with Gasteiger partial charge in [-0.15, -0.1) is 0 Å². The Morgan fingerprint density at radius 3 is 2.95 bits per heavy atom. The van der Waals surface area contributed by atoms with Crippen molar-refractivity contribution in [1.82, 2.24) is 10.2 Å². The highest BCUT2D eigenvalue weighted by atomic mass is 16.6. The number of nitrogens with one attached hydrogen (secondary N) is 1. The summed E-state index contributed by atoms with van der Waals surface area (Å²) in [6, 6.07) is 8.41. The number of benzene rings is 1. The number of hydrogen-bond donors (Lipinski definition) is 1. The van der Waals surface area contributed by atoms with Crippen LogP contribution in [0.5, 0.6) is 11.5 Å². The lowest BCUT2D eigenvalue weighted by Crippen LogP contribution is -2.47. The predicted octanol–water partition coefficient (Wildman–Crippen LogP) is 2.15. The SMILES string of the molecule is CC(NCC1COc2ccccc2O1)C1CCCN(C)C1. The van der Waals surface area contributed by atoms with E-state index in [4.69, 9.17) is 9.47 Å². The molecule has 3 atom stereocenters. The number of rotatable bonds is 4. The van der Waals surface area contributed by atoms with Crippen molar-refractivity contribution in [2.24, 2.45) is 5.92 Å². The largest absolute Gasteiger partial charge is 0.486 e. The lowest BCUT2D eigenvalue weighted by molar-refractivity contribution is 0.0837. The quantitative estimate of drug-likeness (QED) is 0.921. The van der Waals surface area contributed by atoms with Crippen LogP contribution in [-0.2, 0) is 0 Å². The van der Waals surface area contributed by atoms with E-state index in [0.717, 1.165) is 24.0 Å². The van der Waals surface area contributed by atoms with Gasteiger partial charge in [-0.25, -0.2) is 0 Å². The molecule has 1 fully saturated rings. The number of nitrogens with zero attached hydrogens (tertiary/aromatic N) is 1. The highest BCUT2D eigenvalue weighted by molar-refractivity contribution is 5.40. The van der Waals surface area contributed by atoms with Crippen molar-refractivity contribution >= 4 is 0 Å². The number of para-hydroxylation sites is 2. The van der Waals surface area contributed by atoms with Crippen LogP contribution in [0.2, 0.25) is 0 Å². The average molecular weight is 290 g/mol. The van der Waals surface area contributed by atoms with Gasteiger partial charge in [-0.2, -0.15) is 0 Å². The molecule has 0 saturated carbocycles. The smallest absolute Gasteiger partial charge is 0.161 e. The Bertz CT molecular complexity index is 466. The molecule has 3 unspecified atom stereocenters. The molecule has 2 aliphatic heterocycles. The van der Waals surface area contributed by atoms with E-state index in [0.29, 0.717) is 12.6 Å². The Labute approximate surface area is 127 Å². The summed E-state index contributed by atoms with van der Waals surface area (Å²) in [7, 11) is 2.22. The highest BCUT2D eigenvalue weighted by Gasteiger charge is 2.25. The topological polar surface area (TPSA) is 33.7 Å². The van der Waals surface area contributed by atoms with Crippen LogP contribution in [0.4, 0.5) is 0 Å². The number of ether oxygens (including phenoxy) is 2. The highest BCUT2D eigenvalue weighted by Crippen LogP contribution is 2.30. The summed E-state index contributed by atoms with van der Waals surface area (Å²) < 4.78 is 11.8. The van der Waals surface area contributed by atoms with Gasteiger partial charge in [0, 0.05) is 19.1 Å². The predicted molar refractivity (Wildman–Crippen MR) is 84.0 cm³/mol. The van der Waals surface area contributed by atoms with Crippen molar-refractivity contribution in [2.75, 3.05) is 33.3 Å². The van der Waals surface area contributed by atoms with Crippen LogP contribution < -0.4 is 14.8 Å². The lowest BCUT2D eigenvalue weighted by Gasteiger charge is -2.35. The van der Waals surface area contributed by atoms with Crippen LogP contribution >= 0.6 is 0 Å². The second-order valence-electron chi connectivity index (χ2n) is 6.36. The van der Waals surface area contributed by atoms with E-state index in [9.17, 15) is 0 Å². The van der Waals surface area contributed by atoms with Crippen LogP contribution in [0.15, 0.2) is 24.3 Å². The van der Waals surface area contributed by atoms with E-state index in [2.05, 4.69) is 24.2 Å². The van der Waals surface area contributed by atoms with Gasteiger partial charge in [0.05, 0.1) is 0 Å². The van der Waals surface area contributed by atoms with Crippen LogP contribution in [0.3, 0.4) is 0 Å². The first-order chi connectivity index (χ1) is 10.2. The minimum absolute atomic E-state index is 0.101. The molecule has 0 amide bonds. The molecule has 1 aromatic rings. The lowest BCUT2D eigenvalue weighted by atomic mass is 9.92. The van der Waals surface area contributed by atoms with E-state index in [1.165, 1.54) is 25.9 Å². The molecule has 0 spiro atoms. The molecular weight excluding hydrogens is 264 g/mol. The molecule has 1 saturated heterocycles. The van der Waals surface area contributed by atoms with Gasteiger partial charge in [-0.1, -0.05) is 12.1 Å². The van der Waals surface area contributed by atoms with Crippen LogP contribution in [0.25, 0.3) is 0 Å². The van der Waals surface area contributed by atoms with E-state index in [1.807, 2.05) is 24.3 Å². The molecule has 0 radical (unpaired) electrons. The Hall–Kier alpha value is -1.26. The molecule has 1 N–H and O–H groups in total. The van der Waals surface area contributed by atoms with Crippen molar-refractivity contribution in [3.05, 3.63) is 24.3 Å². The van der Waals surface area contributed by atoms with Crippen molar-refractivity contribution in [3.8, 4) is 11.5 Å². The van der Waals surface area contributed by atoms with Gasteiger partial charge in [0.2, 0.25) is 0 Å². The van der Waals surface area contributed by atoms with Gasteiger partial charge in [-0.3, -0.25) is 0 Å². The van der Waals surface area contributed by atoms with E-state index >= 15 is 0 Å². The van der Waals surface area contributed by atoms with E-state index in [1.54, 1.807) is 0 Å². The molecule has 1 aromatic carbocycles. The molecule has 3 rings (SSSR count). The second-order valence-corrected chi connectivity index (χ2v) is 6.36. The van der Waals surface area contributed by atoms with Gasteiger partial charge in [0.15, 0.2) is 11.5 Å². The summed E-state index contributed by atoms with van der Waals surface area (Å²) in [4.78, 5) is 2.43. The molecule has 0 bridgehead atoms. The fourth-order valence-electron chi connectivity index (χ4n) is 3.26. The summed E-state index contributed by atoms with van der Waals surface area (Å²) in [5, 5.41) is 3.64. The van der Waals surface area contributed by atoms with Crippen molar-refractivity contribution in [2.45, 2.75) is 31.9 Å². The summed E-state index contributed by atoms with van der Waals surface area (Å²) in [6.07, 6.45) is 2.73. The summed E-state index contributed by atoms with van der Waals surface area (Å²) >= 11 is 0. The first kappa shape index (κ1) is 14.7. The Balaban J connectivity index is 1.47. The van der Waals surface area contributed by atoms with Crippen LogP contribution in [-0.4, -0.2) is 50.3 Å². The zero-order chi connectivity index (χ0) is 14.7. The van der Waals surface area contributed by atoms with Crippen LogP contribution in [0.1, 0.15) is 19.8 Å². The number of piperidine rings is 1. The number of fused-ring (bicyclic) bond motifs is 1. The van der Waals surface area contributed by atoms with Gasteiger partial charge in [0.25, 0.3) is 0 Å². The molecule has 21 heavy (non-hydrogen) atoms. The third kappa shape index (κ3) is 3.69. The normalized spacial score (nSPS) is 27.3. The summed E-state index contributed by atoms with van der Waals surface area (Å²) in [5.74, 6) is 2.46. The maximum Gasteiger partial charge on any atom is 0.161 e. The Morgan fingerprint density at radius 1 is 1.33 bits per heavy atom. The maximum atomic E-state index is 5.99. The van der Waals surface area contributed by atoms with Gasteiger partial charge in [-0.05, 0) is 51.4 Å². The second kappa shape index (κ2) is 6.67. The Kier molecular flexibility index (Phi) is 4.66. The maximum absolute atomic E-state index is 5.99. The van der Waals surface area contributed by atoms with Crippen molar-refractivity contribution in [3.63, 3.8) is 0 Å². The molecule has 0 aromatic heterocycles. The number of hydrogen-bond acceptors (Lipinski definition) is 4. The zero-order valence-corrected chi connectivity index (χ0v) is 13.0. The monoisotopic (exact) mass is 290 g/mol. The Morgan fingerprint density at radius 2 is 2.14 bits per heavy atom. The molecular formula is C17H26N2O2. The van der Waals surface area contributed by atoms with Gasteiger partial charge >= 0.3 is 0 Å². The van der Waals surface area contributed by atoms with Gasteiger partial charge < -0.3 is 19.7 Å². The first-order valence-electron chi connectivity index (χ1n) is 8.03. The number of likely N-dealkylation sites (tertiary alicyclic amines) is 1. The molecule has 0 aliphatic carbocycles. The average Bonchev–Trinajstić information content (AvgIpc) is 2.52. The zero-order valence-electron chi connectivity index (χ0n) is 13.0. The minimum atomic E-state index is 0.101. The van der Waals surface area contributed by atoms with E-state index in [-0.39, 0.29) is 6.10 Å². The van der Waals surface area contributed by atoms with Crippen molar-refractivity contribution < 1.29 is 9.47 Å². The van der Waals surface area contributed by atoms with Crippen LogP contribution in [0, 0.1) is 5.92 Å².